The average Bonchev–Trinajstić information content (AvgIpc) is 2.10. The van der Waals surface area contributed by atoms with Gasteiger partial charge in [0.15, 0.2) is 0 Å². The Morgan fingerprint density at radius 1 is 1.07 bits per heavy atom. The molecule has 0 aromatic carbocycles. The van der Waals surface area contributed by atoms with E-state index in [9.17, 15) is 0 Å². The summed E-state index contributed by atoms with van der Waals surface area (Å²) in [7, 11) is 0. The van der Waals surface area contributed by atoms with Crippen molar-refractivity contribution < 1.29 is 4.74 Å². The number of hydrogen-bond acceptors (Lipinski definition) is 1. The van der Waals surface area contributed by atoms with Crippen LogP contribution in [0.3, 0.4) is 0 Å². The molecular formula is C13H24O. The largest absolute Gasteiger partial charge is 0.368 e. The van der Waals surface area contributed by atoms with Crippen LogP contribution >= 0.6 is 0 Å². The van der Waals surface area contributed by atoms with E-state index in [0.717, 1.165) is 0 Å². The molecule has 0 saturated heterocycles. The van der Waals surface area contributed by atoms with Gasteiger partial charge in [0.25, 0.3) is 0 Å². The molecule has 1 fully saturated rings. The second kappa shape index (κ2) is 5.55. The molecule has 1 saturated carbocycles. The molecule has 0 N–H and O–H groups in total. The van der Waals surface area contributed by atoms with Gasteiger partial charge in [0.05, 0.1) is 11.7 Å². The molecule has 0 aliphatic heterocycles. The van der Waals surface area contributed by atoms with E-state index in [-0.39, 0.29) is 5.60 Å². The lowest BCUT2D eigenvalue weighted by atomic mass is 9.98. The molecule has 1 heteroatoms. The van der Waals surface area contributed by atoms with Gasteiger partial charge in [0, 0.05) is 0 Å². The summed E-state index contributed by atoms with van der Waals surface area (Å²) in [6, 6.07) is 0. The van der Waals surface area contributed by atoms with Crippen LogP contribution in [0.25, 0.3) is 0 Å². The Labute approximate surface area is 88.5 Å². The summed E-state index contributed by atoms with van der Waals surface area (Å²) in [5, 5.41) is 0. The lowest BCUT2D eigenvalue weighted by Crippen LogP contribution is -2.28. The van der Waals surface area contributed by atoms with Gasteiger partial charge in [-0.15, -0.1) is 6.58 Å². The molecule has 0 radical (unpaired) electrons. The first-order valence-corrected chi connectivity index (χ1v) is 5.95. The van der Waals surface area contributed by atoms with E-state index in [2.05, 4.69) is 20.4 Å². The fraction of sp³-hybridized carbons (Fsp3) is 0.846. The summed E-state index contributed by atoms with van der Waals surface area (Å²) in [4.78, 5) is 0. The summed E-state index contributed by atoms with van der Waals surface area (Å²) in [5.74, 6) is 0. The molecule has 0 amide bonds. The highest BCUT2D eigenvalue weighted by atomic mass is 16.5. The molecule has 1 aliphatic rings. The summed E-state index contributed by atoms with van der Waals surface area (Å²) in [6.45, 7) is 8.01. The molecule has 14 heavy (non-hydrogen) atoms. The van der Waals surface area contributed by atoms with Crippen molar-refractivity contribution in [2.45, 2.75) is 70.5 Å². The molecule has 0 spiro atoms. The molecule has 0 aromatic rings. The number of rotatable bonds is 3. The maximum absolute atomic E-state index is 6.05. The SMILES string of the molecule is C=CC(C)(C)OC1CCCCCCC1. The van der Waals surface area contributed by atoms with Crippen LogP contribution in [0.1, 0.15) is 58.8 Å². The highest BCUT2D eigenvalue weighted by molar-refractivity contribution is 4.90. The van der Waals surface area contributed by atoms with E-state index < -0.39 is 0 Å². The zero-order valence-corrected chi connectivity index (χ0v) is 9.72. The Morgan fingerprint density at radius 2 is 1.57 bits per heavy atom. The van der Waals surface area contributed by atoms with Crippen LogP contribution in [-0.2, 0) is 4.74 Å². The summed E-state index contributed by atoms with van der Waals surface area (Å²) in [6.07, 6.45) is 11.7. The molecule has 1 rings (SSSR count). The minimum atomic E-state index is -0.149. The second-order valence-corrected chi connectivity index (χ2v) is 4.89. The third kappa shape index (κ3) is 4.28. The van der Waals surface area contributed by atoms with Crippen LogP contribution in [-0.4, -0.2) is 11.7 Å². The smallest absolute Gasteiger partial charge is 0.0807 e. The molecule has 82 valence electrons. The van der Waals surface area contributed by atoms with Crippen LogP contribution in [0.15, 0.2) is 12.7 Å². The van der Waals surface area contributed by atoms with Gasteiger partial charge in [-0.2, -0.15) is 0 Å². The van der Waals surface area contributed by atoms with E-state index in [0.29, 0.717) is 6.10 Å². The molecule has 1 aliphatic carbocycles. The van der Waals surface area contributed by atoms with Crippen molar-refractivity contribution in [2.75, 3.05) is 0 Å². The van der Waals surface area contributed by atoms with Gasteiger partial charge in [-0.05, 0) is 26.7 Å². The maximum Gasteiger partial charge on any atom is 0.0807 e. The van der Waals surface area contributed by atoms with Crippen LogP contribution in [0.5, 0.6) is 0 Å². The molecule has 0 unspecified atom stereocenters. The molecule has 0 aromatic heterocycles. The maximum atomic E-state index is 6.05. The standard InChI is InChI=1S/C13H24O/c1-4-13(2,3)14-12-10-8-6-5-7-9-11-12/h4,12H,1,5-11H2,2-3H3. The quantitative estimate of drug-likeness (QED) is 0.618. The Bertz CT molecular complexity index is 164. The lowest BCUT2D eigenvalue weighted by molar-refractivity contribution is -0.0514. The molecular weight excluding hydrogens is 172 g/mol. The molecule has 0 bridgehead atoms. The summed E-state index contributed by atoms with van der Waals surface area (Å²) < 4.78 is 6.05. The van der Waals surface area contributed by atoms with Crippen molar-refractivity contribution in [3.63, 3.8) is 0 Å². The van der Waals surface area contributed by atoms with Crippen LogP contribution < -0.4 is 0 Å². The van der Waals surface area contributed by atoms with Crippen molar-refractivity contribution in [1.29, 1.82) is 0 Å². The van der Waals surface area contributed by atoms with Crippen molar-refractivity contribution in [2.24, 2.45) is 0 Å². The third-order valence-electron chi connectivity index (χ3n) is 3.01. The third-order valence-corrected chi connectivity index (χ3v) is 3.01. The molecule has 0 atom stereocenters. The van der Waals surface area contributed by atoms with Gasteiger partial charge in [-0.25, -0.2) is 0 Å². The van der Waals surface area contributed by atoms with Crippen molar-refractivity contribution in [1.82, 2.24) is 0 Å². The average molecular weight is 196 g/mol. The van der Waals surface area contributed by atoms with Gasteiger partial charge in [-0.1, -0.05) is 38.2 Å². The highest BCUT2D eigenvalue weighted by Crippen LogP contribution is 2.24. The fourth-order valence-electron chi connectivity index (χ4n) is 2.01. The molecule has 1 nitrogen and oxygen atoms in total. The van der Waals surface area contributed by atoms with E-state index >= 15 is 0 Å². The normalized spacial score (nSPS) is 21.3. The van der Waals surface area contributed by atoms with Crippen molar-refractivity contribution in [3.05, 3.63) is 12.7 Å². The predicted octanol–water partition coefficient (Wildman–Crippen LogP) is 4.08. The van der Waals surface area contributed by atoms with E-state index in [1.54, 1.807) is 0 Å². The van der Waals surface area contributed by atoms with Crippen LogP contribution in [0, 0.1) is 0 Å². The van der Waals surface area contributed by atoms with Crippen molar-refractivity contribution >= 4 is 0 Å². The summed E-state index contributed by atoms with van der Waals surface area (Å²) >= 11 is 0. The van der Waals surface area contributed by atoms with Crippen LogP contribution in [0.2, 0.25) is 0 Å². The van der Waals surface area contributed by atoms with Gasteiger partial charge in [-0.3, -0.25) is 0 Å². The van der Waals surface area contributed by atoms with Gasteiger partial charge < -0.3 is 4.74 Å². The minimum Gasteiger partial charge on any atom is -0.368 e. The van der Waals surface area contributed by atoms with Crippen LogP contribution in [0.4, 0.5) is 0 Å². The zero-order valence-electron chi connectivity index (χ0n) is 9.72. The van der Waals surface area contributed by atoms with E-state index in [1.807, 2.05) is 6.08 Å². The lowest BCUT2D eigenvalue weighted by Gasteiger charge is -2.29. The van der Waals surface area contributed by atoms with E-state index in [4.69, 9.17) is 4.74 Å². The molecule has 0 heterocycles. The first-order chi connectivity index (χ1) is 6.64. The summed E-state index contributed by atoms with van der Waals surface area (Å²) in [5.41, 5.74) is -0.149. The Hall–Kier alpha value is -0.300. The van der Waals surface area contributed by atoms with Gasteiger partial charge in [0.1, 0.15) is 0 Å². The Morgan fingerprint density at radius 3 is 2.07 bits per heavy atom. The number of ether oxygens (including phenoxy) is 1. The first-order valence-electron chi connectivity index (χ1n) is 5.95. The van der Waals surface area contributed by atoms with Crippen molar-refractivity contribution in [3.8, 4) is 0 Å². The van der Waals surface area contributed by atoms with Gasteiger partial charge >= 0.3 is 0 Å². The second-order valence-electron chi connectivity index (χ2n) is 4.89. The Kier molecular flexibility index (Phi) is 4.67. The number of hydrogen-bond donors (Lipinski definition) is 0. The first kappa shape index (κ1) is 11.8. The fourth-order valence-corrected chi connectivity index (χ4v) is 2.01. The zero-order chi connectivity index (χ0) is 10.4. The van der Waals surface area contributed by atoms with E-state index in [1.165, 1.54) is 44.9 Å². The monoisotopic (exact) mass is 196 g/mol. The topological polar surface area (TPSA) is 9.23 Å². The Balaban J connectivity index is 2.37. The predicted molar refractivity (Wildman–Crippen MR) is 61.5 cm³/mol. The highest BCUT2D eigenvalue weighted by Gasteiger charge is 2.20. The van der Waals surface area contributed by atoms with Gasteiger partial charge in [0.2, 0.25) is 0 Å². The minimum absolute atomic E-state index is 0.149.